The molecule has 1 aromatic heterocycles. The first-order valence-corrected chi connectivity index (χ1v) is 20.7. The summed E-state index contributed by atoms with van der Waals surface area (Å²) in [6.45, 7) is 7.11. The Labute approximate surface area is 341 Å². The number of anilines is 2. The van der Waals surface area contributed by atoms with Crippen molar-refractivity contribution in [2.75, 3.05) is 69.3 Å². The number of nitrogens with one attached hydrogen (secondary N) is 3. The highest BCUT2D eigenvalue weighted by molar-refractivity contribution is 6.04. The van der Waals surface area contributed by atoms with E-state index in [1.54, 1.807) is 7.11 Å². The molecule has 4 aromatic rings. The first-order valence-electron chi connectivity index (χ1n) is 20.7. The molecule has 9 rings (SSSR count). The molecule has 59 heavy (non-hydrogen) atoms. The third-order valence-corrected chi connectivity index (χ3v) is 13.0. The van der Waals surface area contributed by atoms with Crippen molar-refractivity contribution in [3.8, 4) is 11.5 Å². The largest absolute Gasteiger partial charge is 0.496 e. The van der Waals surface area contributed by atoms with Gasteiger partial charge in [-0.25, -0.2) is 13.2 Å². The second kappa shape index (κ2) is 16.1. The number of carbonyl (C=O) groups excluding carboxylic acids is 3. The number of rotatable bonds is 9. The summed E-state index contributed by atoms with van der Waals surface area (Å²) in [5.41, 5.74) is 5.49. The van der Waals surface area contributed by atoms with Crippen LogP contribution in [0.2, 0.25) is 0 Å². The molecule has 15 heteroatoms. The van der Waals surface area contributed by atoms with Gasteiger partial charge in [-0.2, -0.15) is 0 Å². The molecule has 4 atom stereocenters. The van der Waals surface area contributed by atoms with Crippen LogP contribution in [0.25, 0.3) is 10.9 Å². The predicted octanol–water partition coefficient (Wildman–Crippen LogP) is 5.25. The number of hydrogen-bond acceptors (Lipinski definition) is 9. The van der Waals surface area contributed by atoms with Gasteiger partial charge in [-0.15, -0.1) is 0 Å². The molecular weight excluding hydrogens is 764 g/mol. The highest BCUT2D eigenvalue weighted by Gasteiger charge is 2.40. The number of piperidine rings is 2. The lowest BCUT2D eigenvalue weighted by Crippen LogP contribution is -2.58. The number of amides is 3. The number of imide groups is 1. The minimum Gasteiger partial charge on any atom is -0.496 e. The molecule has 5 aliphatic rings. The van der Waals surface area contributed by atoms with Gasteiger partial charge < -0.3 is 29.6 Å². The standard InChI is InChI=1S/C44H50F3N7O5/c1-25-17-31-29-5-3-4-6-34(29)48-41(31)42(54(25)23-39(46)47)30-8-7-27(18-37(30)58-2)52-13-11-26(12-14-52)21-51-15-16-53-28(22-51)24-59-38-19-32(33(45)20-36(38)53)43(56)49-35-9-10-40(55)50-44(35)57/h3-8,18-20,25-26,28,35,39,42,48H,9-17,21-24H2,1-2H3,(H,49,56)(H,50,55,57)/t25-,28+,35+,42-/m1/s1. The fourth-order valence-corrected chi connectivity index (χ4v) is 10.0. The molecule has 0 radical (unpaired) electrons. The molecular formula is C44H50F3N7O5. The topological polar surface area (TPSA) is 122 Å². The number of aromatic nitrogens is 1. The van der Waals surface area contributed by atoms with Crippen LogP contribution < -0.4 is 29.9 Å². The number of halogens is 3. The third-order valence-electron chi connectivity index (χ3n) is 13.0. The van der Waals surface area contributed by atoms with Crippen molar-refractivity contribution in [1.29, 1.82) is 0 Å². The lowest BCUT2D eigenvalue weighted by Gasteiger charge is -2.47. The molecule has 3 amide bonds. The van der Waals surface area contributed by atoms with Crippen molar-refractivity contribution >= 4 is 40.0 Å². The maximum Gasteiger partial charge on any atom is 0.255 e. The molecule has 0 spiro atoms. The number of fused-ring (bicyclic) bond motifs is 6. The van der Waals surface area contributed by atoms with Crippen LogP contribution >= 0.6 is 0 Å². The Morgan fingerprint density at radius 2 is 1.85 bits per heavy atom. The third kappa shape index (κ3) is 7.58. The predicted molar refractivity (Wildman–Crippen MR) is 217 cm³/mol. The number of carbonyl (C=O) groups is 3. The molecule has 3 aromatic carbocycles. The zero-order valence-electron chi connectivity index (χ0n) is 33.3. The summed E-state index contributed by atoms with van der Waals surface area (Å²) < 4.78 is 55.6. The maximum atomic E-state index is 15.4. The summed E-state index contributed by atoms with van der Waals surface area (Å²) in [6, 6.07) is 15.8. The number of H-pyrrole nitrogens is 1. The lowest BCUT2D eigenvalue weighted by atomic mass is 9.88. The Kier molecular flexibility index (Phi) is 10.7. The number of benzene rings is 3. The van der Waals surface area contributed by atoms with Crippen molar-refractivity contribution in [2.45, 2.75) is 69.6 Å². The fraction of sp³-hybridized carbons (Fsp3) is 0.477. The molecule has 3 saturated heterocycles. The first kappa shape index (κ1) is 39.2. The lowest BCUT2D eigenvalue weighted by molar-refractivity contribution is -0.134. The number of methoxy groups -OCH3 is 1. The molecule has 0 bridgehead atoms. The van der Waals surface area contributed by atoms with Crippen molar-refractivity contribution in [1.82, 2.24) is 25.4 Å². The van der Waals surface area contributed by atoms with Gasteiger partial charge in [-0.1, -0.05) is 24.3 Å². The summed E-state index contributed by atoms with van der Waals surface area (Å²) in [7, 11) is 1.65. The molecule has 12 nitrogen and oxygen atoms in total. The first-order chi connectivity index (χ1) is 28.5. The van der Waals surface area contributed by atoms with Crippen LogP contribution in [0.5, 0.6) is 11.5 Å². The van der Waals surface area contributed by atoms with Crippen LogP contribution in [0.1, 0.15) is 65.8 Å². The van der Waals surface area contributed by atoms with Crippen LogP contribution in [-0.2, 0) is 16.0 Å². The molecule has 6 heterocycles. The van der Waals surface area contributed by atoms with E-state index in [-0.39, 0.29) is 37.0 Å². The molecule has 5 aliphatic heterocycles. The van der Waals surface area contributed by atoms with Crippen LogP contribution in [-0.4, -0.2) is 117 Å². The summed E-state index contributed by atoms with van der Waals surface area (Å²) in [4.78, 5) is 49.1. The monoisotopic (exact) mass is 813 g/mol. The van der Waals surface area contributed by atoms with Gasteiger partial charge in [0.25, 0.3) is 12.3 Å². The van der Waals surface area contributed by atoms with E-state index >= 15 is 4.39 Å². The van der Waals surface area contributed by atoms with Crippen LogP contribution in [0.3, 0.4) is 0 Å². The Bertz CT molecular complexity index is 2260. The Balaban J connectivity index is 0.826. The smallest absolute Gasteiger partial charge is 0.255 e. The van der Waals surface area contributed by atoms with E-state index < -0.39 is 42.0 Å². The molecule has 0 saturated carbocycles. The molecule has 312 valence electrons. The van der Waals surface area contributed by atoms with Crippen LogP contribution in [0.4, 0.5) is 24.5 Å². The van der Waals surface area contributed by atoms with Gasteiger partial charge in [0.2, 0.25) is 11.8 Å². The van der Waals surface area contributed by atoms with E-state index in [4.69, 9.17) is 9.47 Å². The van der Waals surface area contributed by atoms with Crippen molar-refractivity contribution in [3.63, 3.8) is 0 Å². The van der Waals surface area contributed by atoms with Gasteiger partial charge in [0.1, 0.15) is 30.0 Å². The number of alkyl halides is 2. The van der Waals surface area contributed by atoms with Gasteiger partial charge in [-0.3, -0.25) is 29.5 Å². The Morgan fingerprint density at radius 1 is 1.03 bits per heavy atom. The van der Waals surface area contributed by atoms with Crippen molar-refractivity contribution in [2.24, 2.45) is 5.92 Å². The summed E-state index contributed by atoms with van der Waals surface area (Å²) >= 11 is 0. The summed E-state index contributed by atoms with van der Waals surface area (Å²) in [5.74, 6) is -0.785. The number of ether oxygens (including phenoxy) is 2. The molecule has 0 unspecified atom stereocenters. The van der Waals surface area contributed by atoms with Crippen molar-refractivity contribution in [3.05, 3.63) is 82.8 Å². The quantitative estimate of drug-likeness (QED) is 0.195. The average Bonchev–Trinajstić information content (AvgIpc) is 3.59. The number of piperazine rings is 1. The summed E-state index contributed by atoms with van der Waals surface area (Å²) in [6.07, 6.45) is 0.523. The van der Waals surface area contributed by atoms with Gasteiger partial charge in [0, 0.05) is 91.7 Å². The number of hydrogen-bond donors (Lipinski definition) is 3. The van der Waals surface area contributed by atoms with Gasteiger partial charge in [-0.05, 0) is 62.3 Å². The molecule has 3 N–H and O–H groups in total. The van der Waals surface area contributed by atoms with Crippen LogP contribution in [0, 0.1) is 11.7 Å². The SMILES string of the molecule is COc1cc(N2CCC(CN3CCN4c5cc(F)c(C(=O)N[C@H]6CCC(=O)NC6=O)cc5OC[C@@H]4C3)CC2)ccc1[C@@H]1c2[nH]c3ccccc3c2C[C@@H](C)N1CC(F)F. The van der Waals surface area contributed by atoms with E-state index in [0.29, 0.717) is 42.7 Å². The Morgan fingerprint density at radius 3 is 2.63 bits per heavy atom. The number of aromatic amines is 1. The zero-order valence-corrected chi connectivity index (χ0v) is 33.3. The second-order valence-electron chi connectivity index (χ2n) is 16.7. The van der Waals surface area contributed by atoms with Crippen molar-refractivity contribution < 1.29 is 37.0 Å². The highest BCUT2D eigenvalue weighted by Crippen LogP contribution is 2.45. The number of para-hydroxylation sites is 1. The van der Waals surface area contributed by atoms with Gasteiger partial charge in [0.15, 0.2) is 0 Å². The Hall–Kier alpha value is -5.28. The highest BCUT2D eigenvalue weighted by atomic mass is 19.3. The van der Waals surface area contributed by atoms with E-state index in [1.807, 2.05) is 30.0 Å². The van der Waals surface area contributed by atoms with Crippen LogP contribution in [0.15, 0.2) is 54.6 Å². The molecule has 0 aliphatic carbocycles. The molecule has 3 fully saturated rings. The van der Waals surface area contributed by atoms with Gasteiger partial charge >= 0.3 is 0 Å². The van der Waals surface area contributed by atoms with E-state index in [0.717, 1.165) is 73.4 Å². The van der Waals surface area contributed by atoms with E-state index in [1.165, 1.54) is 17.7 Å². The second-order valence-corrected chi connectivity index (χ2v) is 16.7. The minimum atomic E-state index is -2.47. The summed E-state index contributed by atoms with van der Waals surface area (Å²) in [5, 5.41) is 5.88. The minimum absolute atomic E-state index is 0.0362. The maximum absolute atomic E-state index is 15.4. The fourth-order valence-electron chi connectivity index (χ4n) is 10.0. The normalized spacial score (nSPS) is 24.0. The van der Waals surface area contributed by atoms with E-state index in [9.17, 15) is 23.2 Å². The number of nitrogens with zero attached hydrogens (tertiary/aromatic N) is 4. The van der Waals surface area contributed by atoms with Gasteiger partial charge in [0.05, 0.1) is 37.0 Å². The zero-order chi connectivity index (χ0) is 40.9. The van der Waals surface area contributed by atoms with E-state index in [2.05, 4.69) is 54.6 Å². The average molecular weight is 814 g/mol.